The predicted octanol–water partition coefficient (Wildman–Crippen LogP) is 1.90. The number of benzene rings is 1. The highest BCUT2D eigenvalue weighted by atomic mass is 35.5. The average molecular weight is 214 g/mol. The van der Waals surface area contributed by atoms with Crippen molar-refractivity contribution in [2.24, 2.45) is 0 Å². The predicted molar refractivity (Wildman–Crippen MR) is 57.0 cm³/mol. The first kappa shape index (κ1) is 10.9. The zero-order valence-corrected chi connectivity index (χ0v) is 8.88. The quantitative estimate of drug-likeness (QED) is 0.763. The molecule has 1 N–H and O–H groups in total. The molecule has 0 heterocycles. The number of carbonyl (C=O) groups is 1. The highest BCUT2D eigenvalue weighted by Gasteiger charge is 2.11. The zero-order chi connectivity index (χ0) is 10.7. The van der Waals surface area contributed by atoms with Crippen molar-refractivity contribution in [2.75, 3.05) is 17.8 Å². The van der Waals surface area contributed by atoms with Gasteiger partial charge in [-0.15, -0.1) is 11.6 Å². The third-order valence-electron chi connectivity index (χ3n) is 2.03. The van der Waals surface area contributed by atoms with Crippen LogP contribution in [0.2, 0.25) is 0 Å². The lowest BCUT2D eigenvalue weighted by Crippen LogP contribution is -2.27. The van der Waals surface area contributed by atoms with Crippen molar-refractivity contribution in [3.63, 3.8) is 0 Å². The summed E-state index contributed by atoms with van der Waals surface area (Å²) in [4.78, 5) is 12.8. The number of hydrogen-bond donors (Lipinski definition) is 1. The van der Waals surface area contributed by atoms with E-state index in [1.54, 1.807) is 25.2 Å². The van der Waals surface area contributed by atoms with Crippen LogP contribution in [0.1, 0.15) is 5.56 Å². The van der Waals surface area contributed by atoms with Crippen molar-refractivity contribution < 1.29 is 9.90 Å². The van der Waals surface area contributed by atoms with Crippen LogP contribution >= 0.6 is 11.6 Å². The molecule has 0 aliphatic heterocycles. The fourth-order valence-electron chi connectivity index (χ4n) is 1.24. The summed E-state index contributed by atoms with van der Waals surface area (Å²) in [7, 11) is 1.66. The molecule has 1 rings (SSSR count). The number of phenols is 1. The molecular weight excluding hydrogens is 202 g/mol. The van der Waals surface area contributed by atoms with Gasteiger partial charge in [-0.3, -0.25) is 4.79 Å². The number of amides is 1. The molecule has 0 saturated carbocycles. The molecule has 1 amide bonds. The Bertz CT molecular complexity index is 352. The van der Waals surface area contributed by atoms with Gasteiger partial charge in [-0.2, -0.15) is 0 Å². The summed E-state index contributed by atoms with van der Waals surface area (Å²) < 4.78 is 0. The maximum atomic E-state index is 11.3. The van der Waals surface area contributed by atoms with Gasteiger partial charge in [0.15, 0.2) is 0 Å². The molecule has 4 heteroatoms. The number of phenolic OH excluding ortho intramolecular Hbond substituents is 1. The number of rotatable bonds is 2. The molecule has 14 heavy (non-hydrogen) atoms. The van der Waals surface area contributed by atoms with Gasteiger partial charge in [-0.25, -0.2) is 0 Å². The molecule has 0 aromatic heterocycles. The number of aryl methyl sites for hydroxylation is 1. The largest absolute Gasteiger partial charge is 0.508 e. The van der Waals surface area contributed by atoms with Crippen LogP contribution in [0.5, 0.6) is 5.75 Å². The fourth-order valence-corrected chi connectivity index (χ4v) is 1.42. The van der Waals surface area contributed by atoms with Crippen molar-refractivity contribution in [2.45, 2.75) is 6.92 Å². The smallest absolute Gasteiger partial charge is 0.241 e. The first-order valence-corrected chi connectivity index (χ1v) is 4.72. The first-order valence-electron chi connectivity index (χ1n) is 4.18. The van der Waals surface area contributed by atoms with Crippen molar-refractivity contribution in [1.29, 1.82) is 0 Å². The molecule has 0 radical (unpaired) electrons. The normalized spacial score (nSPS) is 9.93. The second-order valence-corrected chi connectivity index (χ2v) is 3.32. The second-order valence-electron chi connectivity index (χ2n) is 3.06. The molecule has 0 aliphatic rings. The zero-order valence-electron chi connectivity index (χ0n) is 8.12. The molecule has 0 spiro atoms. The van der Waals surface area contributed by atoms with E-state index >= 15 is 0 Å². The number of carbonyl (C=O) groups excluding carboxylic acids is 1. The number of alkyl halides is 1. The Balaban J connectivity index is 3.01. The van der Waals surface area contributed by atoms with E-state index in [0.717, 1.165) is 11.3 Å². The minimum Gasteiger partial charge on any atom is -0.508 e. The maximum absolute atomic E-state index is 11.3. The van der Waals surface area contributed by atoms with E-state index < -0.39 is 0 Å². The van der Waals surface area contributed by atoms with Gasteiger partial charge >= 0.3 is 0 Å². The molecule has 0 bridgehead atoms. The van der Waals surface area contributed by atoms with E-state index in [2.05, 4.69) is 0 Å². The Morgan fingerprint density at radius 1 is 1.57 bits per heavy atom. The van der Waals surface area contributed by atoms with Crippen LogP contribution in [0, 0.1) is 6.92 Å². The van der Waals surface area contributed by atoms with Gasteiger partial charge in [0.05, 0.1) is 0 Å². The van der Waals surface area contributed by atoms with Gasteiger partial charge in [0, 0.05) is 12.7 Å². The van der Waals surface area contributed by atoms with Gasteiger partial charge in [-0.05, 0) is 30.7 Å². The lowest BCUT2D eigenvalue weighted by atomic mass is 10.2. The maximum Gasteiger partial charge on any atom is 0.241 e. The highest BCUT2D eigenvalue weighted by Crippen LogP contribution is 2.23. The van der Waals surface area contributed by atoms with E-state index in [1.807, 2.05) is 6.92 Å². The third-order valence-corrected chi connectivity index (χ3v) is 2.26. The van der Waals surface area contributed by atoms with Crippen molar-refractivity contribution in [3.8, 4) is 5.75 Å². The highest BCUT2D eigenvalue weighted by molar-refractivity contribution is 6.29. The van der Waals surface area contributed by atoms with Crippen LogP contribution in [0.15, 0.2) is 18.2 Å². The Hall–Kier alpha value is -1.22. The van der Waals surface area contributed by atoms with E-state index in [4.69, 9.17) is 11.6 Å². The number of nitrogens with zero attached hydrogens (tertiary/aromatic N) is 1. The minimum absolute atomic E-state index is 0.0448. The topological polar surface area (TPSA) is 40.5 Å². The van der Waals surface area contributed by atoms with Gasteiger partial charge in [0.25, 0.3) is 0 Å². The van der Waals surface area contributed by atoms with Gasteiger partial charge < -0.3 is 10.0 Å². The molecule has 0 saturated heterocycles. The Morgan fingerprint density at radius 2 is 2.21 bits per heavy atom. The van der Waals surface area contributed by atoms with Crippen LogP contribution in [-0.2, 0) is 4.79 Å². The average Bonchev–Trinajstić information content (AvgIpc) is 2.15. The number of anilines is 1. The van der Waals surface area contributed by atoms with E-state index in [1.165, 1.54) is 4.90 Å². The number of halogens is 1. The van der Waals surface area contributed by atoms with E-state index in [0.29, 0.717) is 0 Å². The van der Waals surface area contributed by atoms with Crippen molar-refractivity contribution in [3.05, 3.63) is 23.8 Å². The van der Waals surface area contributed by atoms with Crippen LogP contribution in [0.4, 0.5) is 5.69 Å². The SMILES string of the molecule is Cc1cc(O)ccc1N(C)C(=O)CCl. The fraction of sp³-hybridized carbons (Fsp3) is 0.300. The summed E-state index contributed by atoms with van der Waals surface area (Å²) >= 11 is 5.44. The Kier molecular flexibility index (Phi) is 3.36. The minimum atomic E-state index is -0.166. The van der Waals surface area contributed by atoms with Crippen molar-refractivity contribution in [1.82, 2.24) is 0 Å². The van der Waals surface area contributed by atoms with Crippen LogP contribution in [0.3, 0.4) is 0 Å². The van der Waals surface area contributed by atoms with E-state index in [9.17, 15) is 9.90 Å². The monoisotopic (exact) mass is 213 g/mol. The Labute approximate surface area is 87.9 Å². The van der Waals surface area contributed by atoms with Crippen LogP contribution in [-0.4, -0.2) is 23.9 Å². The van der Waals surface area contributed by atoms with E-state index in [-0.39, 0.29) is 17.5 Å². The first-order chi connectivity index (χ1) is 6.56. The molecule has 0 fully saturated rings. The molecule has 1 aromatic carbocycles. The summed E-state index contributed by atoms with van der Waals surface area (Å²) in [6.07, 6.45) is 0. The third kappa shape index (κ3) is 2.17. The lowest BCUT2D eigenvalue weighted by molar-refractivity contribution is -0.116. The second kappa shape index (κ2) is 4.33. The molecule has 3 nitrogen and oxygen atoms in total. The summed E-state index contributed by atoms with van der Waals surface area (Å²) in [5.41, 5.74) is 1.60. The van der Waals surface area contributed by atoms with Crippen molar-refractivity contribution >= 4 is 23.2 Å². The molecular formula is C10H12ClNO2. The summed E-state index contributed by atoms with van der Waals surface area (Å²) in [6.45, 7) is 1.83. The summed E-state index contributed by atoms with van der Waals surface area (Å²) in [5.74, 6) is -0.0185. The van der Waals surface area contributed by atoms with Gasteiger partial charge in [0.1, 0.15) is 11.6 Å². The lowest BCUT2D eigenvalue weighted by Gasteiger charge is -2.18. The standard InChI is InChI=1S/C10H12ClNO2/c1-7-5-8(13)3-4-9(7)12(2)10(14)6-11/h3-5,13H,6H2,1-2H3. The molecule has 0 aliphatic carbocycles. The van der Waals surface area contributed by atoms with Gasteiger partial charge in [0.2, 0.25) is 5.91 Å². The Morgan fingerprint density at radius 3 is 2.71 bits per heavy atom. The van der Waals surface area contributed by atoms with Gasteiger partial charge in [-0.1, -0.05) is 0 Å². The number of hydrogen-bond acceptors (Lipinski definition) is 2. The molecule has 0 atom stereocenters. The number of aromatic hydroxyl groups is 1. The molecule has 0 unspecified atom stereocenters. The molecule has 1 aromatic rings. The molecule has 76 valence electrons. The summed E-state index contributed by atoms with van der Waals surface area (Å²) in [5, 5.41) is 9.19. The summed E-state index contributed by atoms with van der Waals surface area (Å²) in [6, 6.07) is 4.84. The van der Waals surface area contributed by atoms with Crippen LogP contribution in [0.25, 0.3) is 0 Å². The van der Waals surface area contributed by atoms with Crippen LogP contribution < -0.4 is 4.90 Å².